The lowest BCUT2D eigenvalue weighted by Crippen LogP contribution is -2.15. The van der Waals surface area contributed by atoms with Crippen LogP contribution in [-0.4, -0.2) is 8.80 Å². The van der Waals surface area contributed by atoms with Crippen LogP contribution in [-0.2, 0) is 0 Å². The van der Waals surface area contributed by atoms with Crippen molar-refractivity contribution in [2.24, 2.45) is 0 Å². The summed E-state index contributed by atoms with van der Waals surface area (Å²) in [4.78, 5) is 7.02. The number of aromatic nitrogens is 2. The van der Waals surface area contributed by atoms with E-state index in [1.165, 1.54) is 20.9 Å². The van der Waals surface area contributed by atoms with Crippen molar-refractivity contribution in [1.82, 2.24) is 8.80 Å². The normalized spacial score (nSPS) is 12.2. The fraction of sp³-hybridized carbons (Fsp3) is 0. The Balaban J connectivity index is 1.93. The van der Waals surface area contributed by atoms with Gasteiger partial charge < -0.3 is 8.80 Å². The van der Waals surface area contributed by atoms with Crippen LogP contribution in [0.1, 0.15) is 0 Å². The van der Waals surface area contributed by atoms with Crippen molar-refractivity contribution in [3.8, 4) is 56.9 Å². The fourth-order valence-corrected chi connectivity index (χ4v) is 6.36. The van der Waals surface area contributed by atoms with Crippen LogP contribution in [0.25, 0.3) is 76.9 Å². The SMILES string of the molecule is [C-]#[N+]/C(C#N)=c1/c(-c2ccccc2)cn2c(-c3ccc(F)cc3F)c3/c(=C(\C#N)[N+]#[C-])c(-c4ccccc4)cn3c(-c3ccc(F)cc3F)c12. The van der Waals surface area contributed by atoms with Crippen molar-refractivity contribution >= 4 is 22.4 Å². The summed E-state index contributed by atoms with van der Waals surface area (Å²) in [5, 5.41) is 20.7. The van der Waals surface area contributed by atoms with Crippen LogP contribution in [0.5, 0.6) is 0 Å². The van der Waals surface area contributed by atoms with E-state index in [0.29, 0.717) is 34.4 Å². The van der Waals surface area contributed by atoms with E-state index in [1.807, 2.05) is 12.1 Å². The highest BCUT2D eigenvalue weighted by Crippen LogP contribution is 2.38. The minimum atomic E-state index is -0.991. The third-order valence-corrected chi connectivity index (χ3v) is 8.39. The average molecular weight is 659 g/mol. The molecule has 0 spiro atoms. The first kappa shape index (κ1) is 31.2. The van der Waals surface area contributed by atoms with E-state index in [0.717, 1.165) is 12.1 Å². The maximum Gasteiger partial charge on any atom is 0.271 e. The second-order valence-electron chi connectivity index (χ2n) is 11.1. The van der Waals surface area contributed by atoms with Gasteiger partial charge in [-0.3, -0.25) is 0 Å². The fourth-order valence-electron chi connectivity index (χ4n) is 6.36. The van der Waals surface area contributed by atoms with E-state index in [1.54, 1.807) is 73.1 Å². The van der Waals surface area contributed by atoms with Crippen LogP contribution in [0.2, 0.25) is 0 Å². The van der Waals surface area contributed by atoms with Gasteiger partial charge >= 0.3 is 0 Å². The Hall–Kier alpha value is -7.40. The lowest BCUT2D eigenvalue weighted by atomic mass is 10.0. The van der Waals surface area contributed by atoms with Crippen molar-refractivity contribution in [3.63, 3.8) is 0 Å². The summed E-state index contributed by atoms with van der Waals surface area (Å²) in [5.41, 5.74) is 0.904. The van der Waals surface area contributed by atoms with E-state index in [-0.39, 0.29) is 55.4 Å². The topological polar surface area (TPSA) is 65.1 Å². The molecule has 7 rings (SSSR count). The zero-order valence-electron chi connectivity index (χ0n) is 25.6. The van der Waals surface area contributed by atoms with Crippen LogP contribution in [0.15, 0.2) is 109 Å². The van der Waals surface area contributed by atoms with Crippen LogP contribution in [0, 0.1) is 59.1 Å². The third kappa shape index (κ3) is 4.85. The molecule has 0 aliphatic carbocycles. The minimum Gasteiger partial charge on any atom is -0.312 e. The average Bonchev–Trinajstić information content (AvgIpc) is 3.70. The molecule has 3 heterocycles. The Bertz CT molecular complexity index is 2610. The van der Waals surface area contributed by atoms with Crippen molar-refractivity contribution in [1.29, 1.82) is 10.5 Å². The molecule has 0 fully saturated rings. The van der Waals surface area contributed by atoms with Crippen LogP contribution in [0.3, 0.4) is 0 Å². The van der Waals surface area contributed by atoms with Crippen molar-refractivity contribution in [3.05, 3.63) is 166 Å². The molecule has 3 aromatic heterocycles. The summed E-state index contributed by atoms with van der Waals surface area (Å²) in [6.07, 6.45) is 3.10. The highest BCUT2D eigenvalue weighted by Gasteiger charge is 2.28. The first-order chi connectivity index (χ1) is 24.3. The number of rotatable bonds is 4. The number of benzene rings is 4. The van der Waals surface area contributed by atoms with Gasteiger partial charge in [0, 0.05) is 46.1 Å². The number of fused-ring (bicyclic) bond motifs is 2. The first-order valence-corrected chi connectivity index (χ1v) is 14.9. The molecule has 0 aliphatic rings. The Morgan fingerprint density at radius 1 is 0.540 bits per heavy atom. The second-order valence-corrected chi connectivity index (χ2v) is 11.1. The number of nitrogens with zero attached hydrogens (tertiary/aromatic N) is 6. The lowest BCUT2D eigenvalue weighted by molar-refractivity contribution is 0.584. The molecule has 4 aromatic carbocycles. The molecule has 0 bridgehead atoms. The van der Waals surface area contributed by atoms with E-state index < -0.39 is 23.3 Å². The van der Waals surface area contributed by atoms with Gasteiger partial charge in [0.05, 0.1) is 47.7 Å². The molecule has 7 aromatic rings. The van der Waals surface area contributed by atoms with E-state index >= 15 is 8.78 Å². The van der Waals surface area contributed by atoms with Crippen LogP contribution in [0.4, 0.5) is 17.6 Å². The maximum atomic E-state index is 16.1. The molecule has 0 radical (unpaired) electrons. The molecule has 0 unspecified atom stereocenters. The highest BCUT2D eigenvalue weighted by molar-refractivity contribution is 5.97. The van der Waals surface area contributed by atoms with Gasteiger partial charge in [0.2, 0.25) is 0 Å². The highest BCUT2D eigenvalue weighted by atomic mass is 19.1. The van der Waals surface area contributed by atoms with Crippen LogP contribution < -0.4 is 10.4 Å². The molecule has 0 amide bonds. The van der Waals surface area contributed by atoms with Crippen molar-refractivity contribution in [2.45, 2.75) is 0 Å². The zero-order chi connectivity index (χ0) is 35.1. The first-order valence-electron chi connectivity index (χ1n) is 14.9. The lowest BCUT2D eigenvalue weighted by Gasteiger charge is -2.17. The predicted octanol–water partition coefficient (Wildman–Crippen LogP) is 8.52. The smallest absolute Gasteiger partial charge is 0.271 e. The van der Waals surface area contributed by atoms with E-state index in [2.05, 4.69) is 9.69 Å². The molecule has 50 heavy (non-hydrogen) atoms. The molecule has 0 saturated carbocycles. The van der Waals surface area contributed by atoms with Crippen molar-refractivity contribution < 1.29 is 17.6 Å². The zero-order valence-corrected chi connectivity index (χ0v) is 25.6. The summed E-state index contributed by atoms with van der Waals surface area (Å²) >= 11 is 0. The molecule has 0 aliphatic heterocycles. The molecule has 0 N–H and O–H groups in total. The second kappa shape index (κ2) is 12.3. The summed E-state index contributed by atoms with van der Waals surface area (Å²) < 4.78 is 63.9. The van der Waals surface area contributed by atoms with Gasteiger partial charge in [-0.25, -0.2) is 37.8 Å². The number of hydrogen-bond acceptors (Lipinski definition) is 2. The Kier molecular flexibility index (Phi) is 7.69. The molecular formula is C40H18F4N6. The molecule has 6 nitrogen and oxygen atoms in total. The van der Waals surface area contributed by atoms with E-state index in [4.69, 9.17) is 13.1 Å². The van der Waals surface area contributed by atoms with Gasteiger partial charge in [0.25, 0.3) is 11.4 Å². The van der Waals surface area contributed by atoms with Gasteiger partial charge in [-0.1, -0.05) is 60.7 Å². The minimum absolute atomic E-state index is 0.0167. The quantitative estimate of drug-likeness (QED) is 0.141. The largest absolute Gasteiger partial charge is 0.312 e. The Morgan fingerprint density at radius 2 is 0.920 bits per heavy atom. The Morgan fingerprint density at radius 3 is 1.24 bits per heavy atom. The van der Waals surface area contributed by atoms with E-state index in [9.17, 15) is 19.3 Å². The standard InChI is InChI=1S/C40H18F4N6/c1-47-33(19-45)35-29(23-9-5-3-6-10-23)21-49-38(28-16-14-26(42)18-32(28)44)40-36(34(20-46)48-2)30(24-11-7-4-8-12-24)22-50(40)37(39(35)49)27-15-13-25(41)17-31(27)43/h3-18,21-22H/b35-33-,36-34+. The predicted molar refractivity (Wildman–Crippen MR) is 180 cm³/mol. The summed E-state index contributed by atoms with van der Waals surface area (Å²) in [7, 11) is 0. The molecule has 0 saturated heterocycles. The van der Waals surface area contributed by atoms with Gasteiger partial charge in [-0.2, -0.15) is 0 Å². The molecular weight excluding hydrogens is 640 g/mol. The van der Waals surface area contributed by atoms with Gasteiger partial charge in [0.1, 0.15) is 23.3 Å². The Labute approximate surface area is 281 Å². The summed E-state index contributed by atoms with van der Waals surface area (Å²) in [6, 6.07) is 27.2. The number of hydrogen-bond donors (Lipinski definition) is 0. The van der Waals surface area contributed by atoms with Crippen LogP contribution >= 0.6 is 0 Å². The molecule has 0 atom stereocenters. The molecule has 10 heteroatoms. The molecule has 236 valence electrons. The number of halogens is 4. The van der Waals surface area contributed by atoms with Gasteiger partial charge in [-0.15, -0.1) is 0 Å². The summed E-state index contributed by atoms with van der Waals surface area (Å²) in [5.74, 6) is -3.70. The number of nitriles is 2. The summed E-state index contributed by atoms with van der Waals surface area (Å²) in [6.45, 7) is 15.9. The monoisotopic (exact) mass is 658 g/mol. The van der Waals surface area contributed by atoms with Gasteiger partial charge in [0.15, 0.2) is 0 Å². The van der Waals surface area contributed by atoms with Gasteiger partial charge in [-0.05, 0) is 46.5 Å². The third-order valence-electron chi connectivity index (χ3n) is 8.39. The maximum absolute atomic E-state index is 16.1. The van der Waals surface area contributed by atoms with Crippen molar-refractivity contribution in [2.75, 3.05) is 0 Å².